The van der Waals surface area contributed by atoms with Gasteiger partial charge < -0.3 is 24.5 Å². The molecule has 0 spiro atoms. The van der Waals surface area contributed by atoms with Crippen LogP contribution < -0.4 is 5.32 Å². The molecule has 1 fully saturated rings. The van der Waals surface area contributed by atoms with Crippen LogP contribution in [-0.2, 0) is 20.9 Å². The number of hydrogen-bond donors (Lipinski definition) is 3. The molecule has 0 unspecified atom stereocenters. The lowest BCUT2D eigenvalue weighted by Crippen LogP contribution is -2.49. The van der Waals surface area contributed by atoms with Gasteiger partial charge >= 0.3 is 11.9 Å². The molecule has 1 amide bonds. The monoisotopic (exact) mass is 446 g/mol. The number of furan rings is 1. The molecule has 12 heteroatoms. The Kier molecular flexibility index (Phi) is 7.29. The highest BCUT2D eigenvalue weighted by Gasteiger charge is 2.33. The second-order valence-electron chi connectivity index (χ2n) is 6.84. The topological polar surface area (TPSA) is 159 Å². The van der Waals surface area contributed by atoms with Crippen LogP contribution in [0.2, 0.25) is 0 Å². The van der Waals surface area contributed by atoms with Crippen molar-refractivity contribution in [3.05, 3.63) is 59.9 Å². The highest BCUT2D eigenvalue weighted by Crippen LogP contribution is 2.27. The number of rotatable bonds is 6. The zero-order valence-electron chi connectivity index (χ0n) is 16.6. The fourth-order valence-electron chi connectivity index (χ4n) is 2.82. The number of hydrogen-bond acceptors (Lipinski definition) is 8. The van der Waals surface area contributed by atoms with Gasteiger partial charge in [-0.2, -0.15) is 4.98 Å². The number of carboxylic acid groups (broad SMARTS) is 2. The van der Waals surface area contributed by atoms with Crippen LogP contribution in [0.3, 0.4) is 0 Å². The van der Waals surface area contributed by atoms with Crippen LogP contribution in [0.25, 0.3) is 11.6 Å². The molecule has 1 aliphatic rings. The van der Waals surface area contributed by atoms with E-state index in [1.54, 1.807) is 30.5 Å². The quantitative estimate of drug-likeness (QED) is 0.472. The highest BCUT2D eigenvalue weighted by molar-refractivity contribution is 6.27. The summed E-state index contributed by atoms with van der Waals surface area (Å²) in [5.41, 5.74) is 0.859. The second kappa shape index (κ2) is 10.3. The van der Waals surface area contributed by atoms with E-state index in [9.17, 15) is 9.18 Å². The minimum atomic E-state index is -1.82. The molecule has 2 aromatic heterocycles. The maximum Gasteiger partial charge on any atom is 0.414 e. The van der Waals surface area contributed by atoms with Crippen molar-refractivity contribution < 1.29 is 37.9 Å². The summed E-state index contributed by atoms with van der Waals surface area (Å²) in [4.78, 5) is 36.5. The molecule has 168 valence electrons. The van der Waals surface area contributed by atoms with E-state index in [2.05, 4.69) is 15.5 Å². The van der Waals surface area contributed by atoms with Crippen molar-refractivity contribution >= 4 is 17.8 Å². The third kappa shape index (κ3) is 6.22. The number of carbonyl (C=O) groups excluding carboxylic acids is 1. The molecule has 4 rings (SSSR count). The van der Waals surface area contributed by atoms with Crippen LogP contribution in [0.4, 0.5) is 4.39 Å². The second-order valence-corrected chi connectivity index (χ2v) is 6.84. The van der Waals surface area contributed by atoms with Crippen LogP contribution in [0.15, 0.2) is 51.6 Å². The van der Waals surface area contributed by atoms with Gasteiger partial charge in [-0.3, -0.25) is 9.69 Å². The molecule has 0 aliphatic carbocycles. The van der Waals surface area contributed by atoms with Crippen LogP contribution in [0.5, 0.6) is 0 Å². The number of nitrogens with zero attached hydrogens (tertiary/aromatic N) is 3. The Labute approximate surface area is 180 Å². The van der Waals surface area contributed by atoms with E-state index in [4.69, 9.17) is 28.7 Å². The van der Waals surface area contributed by atoms with E-state index in [0.29, 0.717) is 43.7 Å². The van der Waals surface area contributed by atoms with Crippen LogP contribution in [-0.4, -0.2) is 62.7 Å². The van der Waals surface area contributed by atoms with E-state index < -0.39 is 11.9 Å². The number of aromatic nitrogens is 2. The summed E-state index contributed by atoms with van der Waals surface area (Å²) < 4.78 is 23.4. The van der Waals surface area contributed by atoms with Crippen molar-refractivity contribution in [2.45, 2.75) is 12.5 Å². The van der Waals surface area contributed by atoms with Crippen molar-refractivity contribution in [2.24, 2.45) is 0 Å². The molecule has 1 saturated heterocycles. The maximum absolute atomic E-state index is 12.9. The van der Waals surface area contributed by atoms with Crippen molar-refractivity contribution in [2.75, 3.05) is 19.6 Å². The maximum atomic E-state index is 12.9. The average Bonchev–Trinajstić information content (AvgIpc) is 3.42. The van der Waals surface area contributed by atoms with Gasteiger partial charge in [0.15, 0.2) is 5.76 Å². The van der Waals surface area contributed by atoms with Crippen LogP contribution in [0, 0.1) is 5.82 Å². The molecule has 0 bridgehead atoms. The third-order valence-corrected chi connectivity index (χ3v) is 4.44. The number of aliphatic carboxylic acids is 2. The standard InChI is InChI=1S/C18H17FN4O3.C2H2O4/c19-14-5-3-12(4-6-14)8-20-16(24)11-23-9-13(10-23)18-21-17(22-26-18)15-2-1-7-25-15;3-1(4)2(5)6/h1-7,13H,8-11H2,(H,20,24);(H,3,4)(H,5,6). The lowest BCUT2D eigenvalue weighted by molar-refractivity contribution is -0.159. The summed E-state index contributed by atoms with van der Waals surface area (Å²) in [7, 11) is 0. The number of halogens is 1. The van der Waals surface area contributed by atoms with Gasteiger partial charge in [0, 0.05) is 19.6 Å². The van der Waals surface area contributed by atoms with E-state index in [1.165, 1.54) is 12.1 Å². The minimum absolute atomic E-state index is 0.0745. The molecule has 1 aromatic carbocycles. The van der Waals surface area contributed by atoms with Crippen molar-refractivity contribution in [1.29, 1.82) is 0 Å². The first-order valence-electron chi connectivity index (χ1n) is 9.39. The summed E-state index contributed by atoms with van der Waals surface area (Å²) in [6.07, 6.45) is 1.56. The van der Waals surface area contributed by atoms with Gasteiger partial charge in [0.05, 0.1) is 18.7 Å². The number of nitrogens with one attached hydrogen (secondary N) is 1. The molecule has 0 saturated carbocycles. The number of amides is 1. The Balaban J connectivity index is 0.000000427. The largest absolute Gasteiger partial charge is 0.473 e. The SMILES string of the molecule is O=C(CN1CC(c2nc(-c3ccco3)no2)C1)NCc1ccc(F)cc1.O=C(O)C(=O)O. The third-order valence-electron chi connectivity index (χ3n) is 4.44. The normalized spacial score (nSPS) is 13.5. The summed E-state index contributed by atoms with van der Waals surface area (Å²) in [6.45, 7) is 2.05. The fourth-order valence-corrected chi connectivity index (χ4v) is 2.82. The van der Waals surface area contributed by atoms with Gasteiger partial charge in [0.2, 0.25) is 17.6 Å². The Hall–Kier alpha value is -4.06. The van der Waals surface area contributed by atoms with Crippen LogP contribution in [0.1, 0.15) is 17.4 Å². The van der Waals surface area contributed by atoms with Crippen molar-refractivity contribution in [3.63, 3.8) is 0 Å². The first-order valence-corrected chi connectivity index (χ1v) is 9.39. The zero-order valence-corrected chi connectivity index (χ0v) is 16.6. The Bertz CT molecular complexity index is 1050. The number of carboxylic acids is 2. The predicted molar refractivity (Wildman–Crippen MR) is 105 cm³/mol. The first kappa shape index (κ1) is 22.6. The molecule has 3 heterocycles. The molecular weight excluding hydrogens is 427 g/mol. The first-order chi connectivity index (χ1) is 15.3. The predicted octanol–water partition coefficient (Wildman–Crippen LogP) is 1.34. The summed E-state index contributed by atoms with van der Waals surface area (Å²) >= 11 is 0. The Morgan fingerprint density at radius 2 is 1.81 bits per heavy atom. The fraction of sp³-hybridized carbons (Fsp3) is 0.250. The number of carbonyl (C=O) groups is 3. The summed E-state index contributed by atoms with van der Waals surface area (Å²) in [5, 5.41) is 21.5. The number of benzene rings is 1. The van der Waals surface area contributed by atoms with Gasteiger partial charge in [-0.25, -0.2) is 14.0 Å². The van der Waals surface area contributed by atoms with Gasteiger partial charge in [-0.05, 0) is 29.8 Å². The lowest BCUT2D eigenvalue weighted by atomic mass is 10.0. The van der Waals surface area contributed by atoms with Gasteiger partial charge in [-0.1, -0.05) is 17.3 Å². The molecular formula is C20H19FN4O7. The van der Waals surface area contributed by atoms with E-state index >= 15 is 0 Å². The molecule has 1 aliphatic heterocycles. The highest BCUT2D eigenvalue weighted by atomic mass is 19.1. The van der Waals surface area contributed by atoms with E-state index in [-0.39, 0.29) is 17.6 Å². The van der Waals surface area contributed by atoms with E-state index in [1.807, 2.05) is 4.90 Å². The van der Waals surface area contributed by atoms with Crippen molar-refractivity contribution in [1.82, 2.24) is 20.4 Å². The molecule has 32 heavy (non-hydrogen) atoms. The van der Waals surface area contributed by atoms with Gasteiger partial charge in [-0.15, -0.1) is 0 Å². The van der Waals surface area contributed by atoms with E-state index in [0.717, 1.165) is 5.56 Å². The Morgan fingerprint density at radius 1 is 1.12 bits per heavy atom. The molecule has 3 N–H and O–H groups in total. The summed E-state index contributed by atoms with van der Waals surface area (Å²) in [6, 6.07) is 9.60. The molecule has 0 atom stereocenters. The minimum Gasteiger partial charge on any atom is -0.473 e. The molecule has 11 nitrogen and oxygen atoms in total. The van der Waals surface area contributed by atoms with Crippen molar-refractivity contribution in [3.8, 4) is 11.6 Å². The number of likely N-dealkylation sites (tertiary alicyclic amines) is 1. The smallest absolute Gasteiger partial charge is 0.414 e. The van der Waals surface area contributed by atoms with Gasteiger partial charge in [0.1, 0.15) is 5.82 Å². The molecule has 0 radical (unpaired) electrons. The lowest BCUT2D eigenvalue weighted by Gasteiger charge is -2.36. The zero-order chi connectivity index (χ0) is 23.1. The van der Waals surface area contributed by atoms with Crippen LogP contribution >= 0.6 is 0 Å². The molecule has 3 aromatic rings. The Morgan fingerprint density at radius 3 is 2.41 bits per heavy atom. The average molecular weight is 446 g/mol. The van der Waals surface area contributed by atoms with Gasteiger partial charge in [0.25, 0.3) is 0 Å². The summed E-state index contributed by atoms with van der Waals surface area (Å²) in [5.74, 6) is -2.34.